The zero-order chi connectivity index (χ0) is 13.4. The highest BCUT2D eigenvalue weighted by Gasteiger charge is 2.06. The first-order valence-corrected chi connectivity index (χ1v) is 6.43. The summed E-state index contributed by atoms with van der Waals surface area (Å²) in [6, 6.07) is 4.87. The molecule has 0 spiro atoms. The van der Waals surface area contributed by atoms with Crippen LogP contribution in [0.4, 0.5) is 0 Å². The molecule has 4 heteroatoms. The SMILES string of the molecule is Cc1cc(C(=O)NCCCCCCN)ccc1O. The number of phenols is 1. The number of nitrogens with one attached hydrogen (secondary N) is 1. The number of phenolic OH excluding ortho intramolecular Hbond substituents is 1. The van der Waals surface area contributed by atoms with Crippen molar-refractivity contribution in [3.8, 4) is 5.75 Å². The molecule has 0 saturated carbocycles. The first-order chi connectivity index (χ1) is 8.65. The number of hydrogen-bond acceptors (Lipinski definition) is 3. The molecule has 0 aromatic heterocycles. The van der Waals surface area contributed by atoms with E-state index in [2.05, 4.69) is 5.32 Å². The Morgan fingerprint density at radius 1 is 1.28 bits per heavy atom. The monoisotopic (exact) mass is 250 g/mol. The first-order valence-electron chi connectivity index (χ1n) is 6.43. The molecule has 0 saturated heterocycles. The van der Waals surface area contributed by atoms with Crippen LogP contribution >= 0.6 is 0 Å². The fourth-order valence-electron chi connectivity index (χ4n) is 1.72. The number of unbranched alkanes of at least 4 members (excludes halogenated alkanes) is 3. The van der Waals surface area contributed by atoms with E-state index in [4.69, 9.17) is 5.73 Å². The molecule has 1 aromatic rings. The molecule has 0 radical (unpaired) electrons. The largest absolute Gasteiger partial charge is 0.508 e. The molecule has 0 bridgehead atoms. The van der Waals surface area contributed by atoms with Crippen molar-refractivity contribution in [1.29, 1.82) is 0 Å². The summed E-state index contributed by atoms with van der Waals surface area (Å²) in [5, 5.41) is 12.3. The van der Waals surface area contributed by atoms with Gasteiger partial charge in [0.25, 0.3) is 5.91 Å². The van der Waals surface area contributed by atoms with Gasteiger partial charge in [0.05, 0.1) is 0 Å². The molecule has 4 nitrogen and oxygen atoms in total. The van der Waals surface area contributed by atoms with Gasteiger partial charge in [-0.2, -0.15) is 0 Å². The number of benzene rings is 1. The number of nitrogens with two attached hydrogens (primary N) is 1. The molecule has 0 unspecified atom stereocenters. The summed E-state index contributed by atoms with van der Waals surface area (Å²) in [7, 11) is 0. The highest BCUT2D eigenvalue weighted by molar-refractivity contribution is 5.94. The minimum absolute atomic E-state index is 0.0862. The van der Waals surface area contributed by atoms with Crippen molar-refractivity contribution in [3.05, 3.63) is 29.3 Å². The number of carbonyl (C=O) groups excluding carboxylic acids is 1. The molecule has 0 fully saturated rings. The van der Waals surface area contributed by atoms with Gasteiger partial charge in [-0.15, -0.1) is 0 Å². The van der Waals surface area contributed by atoms with Gasteiger partial charge in [-0.3, -0.25) is 4.79 Å². The third kappa shape index (κ3) is 4.75. The van der Waals surface area contributed by atoms with Crippen LogP contribution in [0, 0.1) is 6.92 Å². The van der Waals surface area contributed by atoms with E-state index in [0.717, 1.165) is 32.2 Å². The molecule has 0 atom stereocenters. The minimum Gasteiger partial charge on any atom is -0.508 e. The Labute approximate surface area is 108 Å². The maximum absolute atomic E-state index is 11.8. The summed E-state index contributed by atoms with van der Waals surface area (Å²) in [6.07, 6.45) is 4.23. The predicted molar refractivity (Wildman–Crippen MR) is 72.7 cm³/mol. The van der Waals surface area contributed by atoms with Crippen molar-refractivity contribution in [3.63, 3.8) is 0 Å². The number of amides is 1. The Kier molecular flexibility index (Phi) is 6.22. The summed E-state index contributed by atoms with van der Waals surface area (Å²) < 4.78 is 0. The molecule has 18 heavy (non-hydrogen) atoms. The maximum atomic E-state index is 11.8. The molecule has 1 aromatic carbocycles. The molecular formula is C14H22N2O2. The summed E-state index contributed by atoms with van der Waals surface area (Å²) in [5.41, 5.74) is 6.71. The normalized spacial score (nSPS) is 10.3. The molecule has 1 rings (SSSR count). The summed E-state index contributed by atoms with van der Waals surface area (Å²) in [5.74, 6) is 0.130. The second kappa shape index (κ2) is 7.71. The van der Waals surface area contributed by atoms with Gasteiger partial charge < -0.3 is 16.2 Å². The van der Waals surface area contributed by atoms with E-state index in [1.807, 2.05) is 0 Å². The van der Waals surface area contributed by atoms with Crippen LogP contribution in [-0.2, 0) is 0 Å². The molecule has 0 aliphatic heterocycles. The van der Waals surface area contributed by atoms with E-state index < -0.39 is 0 Å². The molecule has 0 heterocycles. The lowest BCUT2D eigenvalue weighted by Crippen LogP contribution is -2.24. The van der Waals surface area contributed by atoms with Gasteiger partial charge in [0.15, 0.2) is 0 Å². The number of rotatable bonds is 7. The molecule has 100 valence electrons. The Hall–Kier alpha value is -1.55. The van der Waals surface area contributed by atoms with Gasteiger partial charge in [0, 0.05) is 12.1 Å². The molecular weight excluding hydrogens is 228 g/mol. The Morgan fingerprint density at radius 3 is 2.67 bits per heavy atom. The number of carbonyl (C=O) groups is 1. The Balaban J connectivity index is 2.30. The second-order valence-electron chi connectivity index (χ2n) is 4.46. The van der Waals surface area contributed by atoms with Gasteiger partial charge >= 0.3 is 0 Å². The highest BCUT2D eigenvalue weighted by Crippen LogP contribution is 2.16. The van der Waals surface area contributed by atoms with Crippen LogP contribution in [0.3, 0.4) is 0 Å². The highest BCUT2D eigenvalue weighted by atomic mass is 16.3. The van der Waals surface area contributed by atoms with Crippen molar-refractivity contribution in [2.75, 3.05) is 13.1 Å². The number of aryl methyl sites for hydroxylation is 1. The van der Waals surface area contributed by atoms with Crippen LogP contribution in [0.2, 0.25) is 0 Å². The average molecular weight is 250 g/mol. The third-order valence-electron chi connectivity index (χ3n) is 2.88. The van der Waals surface area contributed by atoms with Crippen LogP contribution < -0.4 is 11.1 Å². The minimum atomic E-state index is -0.0862. The molecule has 1 amide bonds. The topological polar surface area (TPSA) is 75.4 Å². The predicted octanol–water partition coefficient (Wildman–Crippen LogP) is 1.95. The lowest BCUT2D eigenvalue weighted by atomic mass is 10.1. The lowest BCUT2D eigenvalue weighted by molar-refractivity contribution is 0.0953. The van der Waals surface area contributed by atoms with Gasteiger partial charge in [0.1, 0.15) is 5.75 Å². The quantitative estimate of drug-likeness (QED) is 0.647. The van der Waals surface area contributed by atoms with Gasteiger partial charge in [0.2, 0.25) is 0 Å². The fourth-order valence-corrected chi connectivity index (χ4v) is 1.72. The summed E-state index contributed by atoms with van der Waals surface area (Å²) in [4.78, 5) is 11.8. The van der Waals surface area contributed by atoms with Gasteiger partial charge in [-0.25, -0.2) is 0 Å². The lowest BCUT2D eigenvalue weighted by Gasteiger charge is -2.06. The van der Waals surface area contributed by atoms with E-state index >= 15 is 0 Å². The van der Waals surface area contributed by atoms with Crippen molar-refractivity contribution >= 4 is 5.91 Å². The third-order valence-corrected chi connectivity index (χ3v) is 2.88. The van der Waals surface area contributed by atoms with E-state index in [1.165, 1.54) is 0 Å². The summed E-state index contributed by atoms with van der Waals surface area (Å²) >= 11 is 0. The van der Waals surface area contributed by atoms with Crippen molar-refractivity contribution in [2.45, 2.75) is 32.6 Å². The Morgan fingerprint density at radius 2 is 2.00 bits per heavy atom. The zero-order valence-electron chi connectivity index (χ0n) is 10.9. The zero-order valence-corrected chi connectivity index (χ0v) is 10.9. The first kappa shape index (κ1) is 14.5. The number of aromatic hydroxyl groups is 1. The van der Waals surface area contributed by atoms with Crippen LogP contribution in [-0.4, -0.2) is 24.1 Å². The fraction of sp³-hybridized carbons (Fsp3) is 0.500. The van der Waals surface area contributed by atoms with E-state index in [0.29, 0.717) is 17.7 Å². The Bertz CT molecular complexity index is 391. The van der Waals surface area contributed by atoms with Crippen LogP contribution in [0.5, 0.6) is 5.75 Å². The maximum Gasteiger partial charge on any atom is 0.251 e. The van der Waals surface area contributed by atoms with Crippen LogP contribution in [0.1, 0.15) is 41.6 Å². The smallest absolute Gasteiger partial charge is 0.251 e. The van der Waals surface area contributed by atoms with Gasteiger partial charge in [-0.1, -0.05) is 12.8 Å². The molecule has 4 N–H and O–H groups in total. The molecule has 0 aliphatic carbocycles. The average Bonchev–Trinajstić information content (AvgIpc) is 2.36. The van der Waals surface area contributed by atoms with Crippen molar-refractivity contribution in [2.24, 2.45) is 5.73 Å². The second-order valence-corrected chi connectivity index (χ2v) is 4.46. The summed E-state index contributed by atoms with van der Waals surface area (Å²) in [6.45, 7) is 3.20. The van der Waals surface area contributed by atoms with E-state index in [-0.39, 0.29) is 11.7 Å². The van der Waals surface area contributed by atoms with Crippen LogP contribution in [0.25, 0.3) is 0 Å². The van der Waals surface area contributed by atoms with Crippen LogP contribution in [0.15, 0.2) is 18.2 Å². The van der Waals surface area contributed by atoms with E-state index in [9.17, 15) is 9.90 Å². The van der Waals surface area contributed by atoms with Gasteiger partial charge in [-0.05, 0) is 50.1 Å². The van der Waals surface area contributed by atoms with Crippen molar-refractivity contribution in [1.82, 2.24) is 5.32 Å². The molecule has 0 aliphatic rings. The van der Waals surface area contributed by atoms with Crippen molar-refractivity contribution < 1.29 is 9.90 Å². The number of hydrogen-bond donors (Lipinski definition) is 3. The van der Waals surface area contributed by atoms with E-state index in [1.54, 1.807) is 25.1 Å². The standard InChI is InChI=1S/C14H22N2O2/c1-11-10-12(6-7-13(11)17)14(18)16-9-5-3-2-4-8-15/h6-7,10,17H,2-5,8-9,15H2,1H3,(H,16,18).